The summed E-state index contributed by atoms with van der Waals surface area (Å²) in [6.07, 6.45) is 0. The van der Waals surface area contributed by atoms with Crippen molar-refractivity contribution in [1.82, 2.24) is 0 Å². The smallest absolute Gasteiger partial charge is 0.154 e. The Morgan fingerprint density at radius 2 is 1.87 bits per heavy atom. The van der Waals surface area contributed by atoms with E-state index in [4.69, 9.17) is 5.90 Å². The summed E-state index contributed by atoms with van der Waals surface area (Å²) in [5.74, 6) is 5.85. The number of phenols is 1. The Morgan fingerprint density at radius 1 is 1.13 bits per heavy atom. The minimum absolute atomic E-state index is 0.206. The molecule has 0 heterocycles. The van der Waals surface area contributed by atoms with Gasteiger partial charge in [0.15, 0.2) is 5.75 Å². The van der Waals surface area contributed by atoms with Crippen molar-refractivity contribution in [3.05, 3.63) is 36.4 Å². The van der Waals surface area contributed by atoms with Crippen LogP contribution in [-0.4, -0.2) is 5.11 Å². The van der Waals surface area contributed by atoms with Crippen LogP contribution in [0.1, 0.15) is 13.8 Å². The van der Waals surface area contributed by atoms with Gasteiger partial charge in [-0.3, -0.25) is 0 Å². The number of hydrogen-bond acceptors (Lipinski definition) is 3. The number of phenolic OH excluding ortho intramolecular Hbond substituents is 1. The molecule has 0 bridgehead atoms. The topological polar surface area (TPSA) is 55.5 Å². The summed E-state index contributed by atoms with van der Waals surface area (Å²) in [5, 5.41) is 11.1. The molecule has 15 heavy (non-hydrogen) atoms. The van der Waals surface area contributed by atoms with Crippen LogP contribution in [0.3, 0.4) is 0 Å². The standard InChI is InChI=1S/C10H9NO2.C2H6/c11-13-10-3-1-2-7-4-5-8(12)6-9(7)10;1-2/h1-6,12H,11H2;1-2H3. The van der Waals surface area contributed by atoms with Crippen LogP contribution >= 0.6 is 0 Å². The summed E-state index contributed by atoms with van der Waals surface area (Å²) in [6, 6.07) is 10.6. The molecule has 80 valence electrons. The molecule has 3 N–H and O–H groups in total. The zero-order valence-corrected chi connectivity index (χ0v) is 8.90. The van der Waals surface area contributed by atoms with Crippen molar-refractivity contribution in [3.63, 3.8) is 0 Å². The van der Waals surface area contributed by atoms with Crippen LogP contribution < -0.4 is 10.7 Å². The molecule has 0 aliphatic carbocycles. The van der Waals surface area contributed by atoms with Crippen LogP contribution in [0, 0.1) is 0 Å². The van der Waals surface area contributed by atoms with Crippen molar-refractivity contribution in [3.8, 4) is 11.5 Å². The van der Waals surface area contributed by atoms with Crippen LogP contribution in [-0.2, 0) is 0 Å². The van der Waals surface area contributed by atoms with Crippen LogP contribution in [0.4, 0.5) is 0 Å². The molecule has 2 rings (SSSR count). The van der Waals surface area contributed by atoms with Crippen molar-refractivity contribution >= 4 is 10.8 Å². The van der Waals surface area contributed by atoms with Gasteiger partial charge >= 0.3 is 0 Å². The van der Waals surface area contributed by atoms with E-state index in [2.05, 4.69) is 4.84 Å². The largest absolute Gasteiger partial charge is 0.508 e. The third kappa shape index (κ3) is 2.39. The van der Waals surface area contributed by atoms with Gasteiger partial charge in [0.05, 0.1) is 0 Å². The average Bonchev–Trinajstić information content (AvgIpc) is 2.31. The van der Waals surface area contributed by atoms with E-state index < -0.39 is 0 Å². The Bertz CT molecular complexity index is 441. The summed E-state index contributed by atoms with van der Waals surface area (Å²) in [5.41, 5.74) is 0. The van der Waals surface area contributed by atoms with E-state index >= 15 is 0 Å². The van der Waals surface area contributed by atoms with Crippen molar-refractivity contribution < 1.29 is 9.94 Å². The highest BCUT2D eigenvalue weighted by molar-refractivity contribution is 5.89. The molecular weight excluding hydrogens is 190 g/mol. The Labute approximate surface area is 89.1 Å². The minimum atomic E-state index is 0.206. The highest BCUT2D eigenvalue weighted by Gasteiger charge is 2.01. The number of nitrogens with two attached hydrogens (primary N) is 1. The van der Waals surface area contributed by atoms with E-state index in [-0.39, 0.29) is 5.75 Å². The Kier molecular flexibility index (Phi) is 3.94. The Balaban J connectivity index is 0.000000531. The van der Waals surface area contributed by atoms with Gasteiger partial charge in [0, 0.05) is 5.39 Å². The lowest BCUT2D eigenvalue weighted by atomic mass is 10.1. The molecule has 0 saturated carbocycles. The second-order valence-corrected chi connectivity index (χ2v) is 2.78. The predicted molar refractivity (Wildman–Crippen MR) is 61.8 cm³/mol. The van der Waals surface area contributed by atoms with E-state index in [1.807, 2.05) is 32.0 Å². The molecule has 0 atom stereocenters. The van der Waals surface area contributed by atoms with Gasteiger partial charge in [0.1, 0.15) is 5.75 Å². The summed E-state index contributed by atoms with van der Waals surface area (Å²) in [6.45, 7) is 4.00. The van der Waals surface area contributed by atoms with Crippen LogP contribution in [0.25, 0.3) is 10.8 Å². The van der Waals surface area contributed by atoms with Crippen LogP contribution in [0.15, 0.2) is 36.4 Å². The molecular formula is C12H15NO2. The first-order chi connectivity index (χ1) is 7.31. The molecule has 2 aromatic rings. The summed E-state index contributed by atoms with van der Waals surface area (Å²) >= 11 is 0. The zero-order valence-electron chi connectivity index (χ0n) is 8.90. The predicted octanol–water partition coefficient (Wildman–Crippen LogP) is 2.82. The van der Waals surface area contributed by atoms with Crippen molar-refractivity contribution in [1.29, 1.82) is 0 Å². The van der Waals surface area contributed by atoms with E-state index in [1.165, 1.54) is 0 Å². The molecule has 3 heteroatoms. The summed E-state index contributed by atoms with van der Waals surface area (Å²) in [7, 11) is 0. The van der Waals surface area contributed by atoms with Crippen LogP contribution in [0.5, 0.6) is 11.5 Å². The molecule has 0 saturated heterocycles. The van der Waals surface area contributed by atoms with E-state index in [1.54, 1.807) is 18.2 Å². The van der Waals surface area contributed by atoms with Crippen molar-refractivity contribution in [2.75, 3.05) is 0 Å². The van der Waals surface area contributed by atoms with Gasteiger partial charge in [-0.1, -0.05) is 32.0 Å². The number of hydrogen-bond donors (Lipinski definition) is 2. The van der Waals surface area contributed by atoms with E-state index in [0.717, 1.165) is 10.8 Å². The first-order valence-corrected chi connectivity index (χ1v) is 4.90. The van der Waals surface area contributed by atoms with Crippen molar-refractivity contribution in [2.45, 2.75) is 13.8 Å². The van der Waals surface area contributed by atoms with Gasteiger partial charge in [-0.15, -0.1) is 0 Å². The van der Waals surface area contributed by atoms with E-state index in [0.29, 0.717) is 5.75 Å². The SMILES string of the molecule is CC.NOc1cccc2ccc(O)cc12. The zero-order chi connectivity index (χ0) is 11.3. The number of aromatic hydroxyl groups is 1. The fraction of sp³-hybridized carbons (Fsp3) is 0.167. The highest BCUT2D eigenvalue weighted by Crippen LogP contribution is 2.27. The lowest BCUT2D eigenvalue weighted by Gasteiger charge is -2.03. The quantitative estimate of drug-likeness (QED) is 0.704. The number of rotatable bonds is 1. The second-order valence-electron chi connectivity index (χ2n) is 2.78. The maximum atomic E-state index is 9.25. The molecule has 0 amide bonds. The number of benzene rings is 2. The molecule has 0 radical (unpaired) electrons. The molecule has 0 aliphatic rings. The first kappa shape index (κ1) is 11.3. The lowest BCUT2D eigenvalue weighted by molar-refractivity contribution is 0.338. The Morgan fingerprint density at radius 3 is 2.53 bits per heavy atom. The fourth-order valence-electron chi connectivity index (χ4n) is 1.33. The van der Waals surface area contributed by atoms with Gasteiger partial charge in [-0.25, -0.2) is 0 Å². The second kappa shape index (κ2) is 5.22. The van der Waals surface area contributed by atoms with E-state index in [9.17, 15) is 5.11 Å². The van der Waals surface area contributed by atoms with Gasteiger partial charge in [-0.05, 0) is 23.6 Å². The normalized spacial score (nSPS) is 9.27. The van der Waals surface area contributed by atoms with Gasteiger partial charge in [0.25, 0.3) is 0 Å². The van der Waals surface area contributed by atoms with Gasteiger partial charge in [-0.2, -0.15) is 5.90 Å². The Hall–Kier alpha value is -1.74. The fourth-order valence-corrected chi connectivity index (χ4v) is 1.33. The minimum Gasteiger partial charge on any atom is -0.508 e. The lowest BCUT2D eigenvalue weighted by Crippen LogP contribution is -2.01. The van der Waals surface area contributed by atoms with Gasteiger partial charge in [0.2, 0.25) is 0 Å². The van der Waals surface area contributed by atoms with Gasteiger partial charge < -0.3 is 9.94 Å². The third-order valence-electron chi connectivity index (χ3n) is 1.95. The molecule has 0 spiro atoms. The molecule has 2 aromatic carbocycles. The maximum absolute atomic E-state index is 9.25. The molecule has 3 nitrogen and oxygen atoms in total. The maximum Gasteiger partial charge on any atom is 0.154 e. The van der Waals surface area contributed by atoms with Crippen LogP contribution in [0.2, 0.25) is 0 Å². The monoisotopic (exact) mass is 205 g/mol. The van der Waals surface area contributed by atoms with Crippen molar-refractivity contribution in [2.24, 2.45) is 5.90 Å². The number of fused-ring (bicyclic) bond motifs is 1. The summed E-state index contributed by atoms with van der Waals surface area (Å²) in [4.78, 5) is 4.67. The first-order valence-electron chi connectivity index (χ1n) is 4.90. The summed E-state index contributed by atoms with van der Waals surface area (Å²) < 4.78 is 0. The molecule has 0 unspecified atom stereocenters. The molecule has 0 fully saturated rings. The highest BCUT2D eigenvalue weighted by atomic mass is 16.6. The third-order valence-corrected chi connectivity index (χ3v) is 1.95. The molecule has 0 aromatic heterocycles. The molecule has 0 aliphatic heterocycles. The average molecular weight is 205 g/mol.